The molecule has 0 spiro atoms. The van der Waals surface area contributed by atoms with Crippen LogP contribution in [0, 0.1) is 0 Å². The number of esters is 1. The minimum Gasteiger partial charge on any atom is -0.461 e. The number of hydrogen-bond donors (Lipinski definition) is 0. The van der Waals surface area contributed by atoms with Crippen molar-refractivity contribution in [1.29, 1.82) is 0 Å². The van der Waals surface area contributed by atoms with Crippen molar-refractivity contribution in [3.8, 4) is 0 Å². The normalized spacial score (nSPS) is 11.2. The van der Waals surface area contributed by atoms with Crippen molar-refractivity contribution >= 4 is 12.0 Å². The molecule has 0 unspecified atom stereocenters. The molecular weight excluding hydrogens is 356 g/mol. The Morgan fingerprint density at radius 3 is 1.72 bits per heavy atom. The highest BCUT2D eigenvalue weighted by atomic mass is 16.5. The van der Waals surface area contributed by atoms with Gasteiger partial charge in [0.25, 0.3) is 0 Å². The van der Waals surface area contributed by atoms with Crippen molar-refractivity contribution in [1.82, 2.24) is 0 Å². The first-order valence-electron chi connectivity index (χ1n) is 12.2. The minimum atomic E-state index is -0.0718. The molecule has 0 aromatic heterocycles. The molecule has 0 aliphatic carbocycles. The molecule has 2 nitrogen and oxygen atoms in total. The molecule has 0 saturated carbocycles. The highest BCUT2D eigenvalue weighted by Gasteiger charge is 2.01. The van der Waals surface area contributed by atoms with Crippen molar-refractivity contribution in [2.75, 3.05) is 6.61 Å². The molecule has 0 aliphatic rings. The third-order valence-corrected chi connectivity index (χ3v) is 5.43. The summed E-state index contributed by atoms with van der Waals surface area (Å²) in [5.74, 6) is -0.0718. The fourth-order valence-corrected chi connectivity index (χ4v) is 3.60. The highest BCUT2D eigenvalue weighted by Crippen LogP contribution is 2.13. The van der Waals surface area contributed by atoms with Gasteiger partial charge in [0.1, 0.15) is 6.61 Å². The first-order chi connectivity index (χ1) is 14.3. The zero-order valence-corrected chi connectivity index (χ0v) is 18.9. The summed E-state index contributed by atoms with van der Waals surface area (Å²) < 4.78 is 5.26. The predicted molar refractivity (Wildman–Crippen MR) is 126 cm³/mol. The quantitative estimate of drug-likeness (QED) is 0.172. The van der Waals surface area contributed by atoms with Gasteiger partial charge in [-0.05, 0) is 18.1 Å². The molecule has 29 heavy (non-hydrogen) atoms. The third kappa shape index (κ3) is 17.0. The van der Waals surface area contributed by atoms with Gasteiger partial charge in [0.15, 0.2) is 0 Å². The van der Waals surface area contributed by atoms with Crippen LogP contribution in [0.25, 0.3) is 6.08 Å². The lowest BCUT2D eigenvalue weighted by atomic mass is 10.0. The molecule has 1 aromatic carbocycles. The molecule has 0 aliphatic heterocycles. The molecule has 0 fully saturated rings. The number of carbonyl (C=O) groups excluding carboxylic acids is 1. The number of carbonyl (C=O) groups is 1. The Kier molecular flexibility index (Phi) is 17.3. The lowest BCUT2D eigenvalue weighted by molar-refractivity contribution is -0.142. The van der Waals surface area contributed by atoms with Gasteiger partial charge in [-0.2, -0.15) is 0 Å². The number of rotatable bonds is 19. The Hall–Kier alpha value is -1.57. The maximum atomic E-state index is 11.7. The predicted octanol–water partition coefficient (Wildman–Crippen LogP) is 8.50. The van der Waals surface area contributed by atoms with Gasteiger partial charge in [0.2, 0.25) is 0 Å². The van der Waals surface area contributed by atoms with Gasteiger partial charge >= 0.3 is 5.97 Å². The van der Waals surface area contributed by atoms with Crippen molar-refractivity contribution in [3.05, 3.63) is 42.0 Å². The first-order valence-corrected chi connectivity index (χ1v) is 12.2. The third-order valence-electron chi connectivity index (χ3n) is 5.43. The van der Waals surface area contributed by atoms with Crippen LogP contribution in [0.4, 0.5) is 0 Å². The molecule has 0 atom stereocenters. The maximum Gasteiger partial charge on any atom is 0.306 e. The second-order valence-corrected chi connectivity index (χ2v) is 8.20. The van der Waals surface area contributed by atoms with Gasteiger partial charge in [-0.1, -0.05) is 133 Å². The molecule has 0 bridgehead atoms. The number of hydrogen-bond acceptors (Lipinski definition) is 2. The number of ether oxygens (including phenoxy) is 1. The Morgan fingerprint density at radius 2 is 1.21 bits per heavy atom. The molecule has 0 radical (unpaired) electrons. The highest BCUT2D eigenvalue weighted by molar-refractivity contribution is 5.69. The summed E-state index contributed by atoms with van der Waals surface area (Å²) in [7, 11) is 0. The van der Waals surface area contributed by atoms with Crippen LogP contribution in [0.1, 0.15) is 115 Å². The van der Waals surface area contributed by atoms with E-state index in [1.165, 1.54) is 83.5 Å². The zero-order chi connectivity index (χ0) is 20.8. The van der Waals surface area contributed by atoms with E-state index < -0.39 is 0 Å². The largest absolute Gasteiger partial charge is 0.461 e. The van der Waals surface area contributed by atoms with Crippen LogP contribution in [0.3, 0.4) is 0 Å². The van der Waals surface area contributed by atoms with Crippen LogP contribution in [0.15, 0.2) is 36.4 Å². The summed E-state index contributed by atoms with van der Waals surface area (Å²) >= 11 is 0. The number of unbranched alkanes of at least 4 members (excludes halogenated alkanes) is 14. The fraction of sp³-hybridized carbons (Fsp3) is 0.667. The Balaban J connectivity index is 1.79. The average Bonchev–Trinajstić information content (AvgIpc) is 2.75. The van der Waals surface area contributed by atoms with Gasteiger partial charge in [-0.15, -0.1) is 0 Å². The zero-order valence-electron chi connectivity index (χ0n) is 18.9. The van der Waals surface area contributed by atoms with E-state index in [0.29, 0.717) is 13.0 Å². The van der Waals surface area contributed by atoms with Gasteiger partial charge < -0.3 is 4.74 Å². The SMILES string of the molecule is CCCCCCCCCCCCCCCCCC(=O)OCC=Cc1ccccc1. The van der Waals surface area contributed by atoms with Crippen LogP contribution >= 0.6 is 0 Å². The van der Waals surface area contributed by atoms with Crippen molar-refractivity contribution < 1.29 is 9.53 Å². The maximum absolute atomic E-state index is 11.7. The summed E-state index contributed by atoms with van der Waals surface area (Å²) in [6.07, 6.45) is 24.6. The van der Waals surface area contributed by atoms with Crippen molar-refractivity contribution in [2.45, 2.75) is 110 Å². The minimum absolute atomic E-state index is 0.0718. The Labute approximate surface area is 180 Å². The van der Waals surface area contributed by atoms with E-state index in [9.17, 15) is 4.79 Å². The standard InChI is InChI=1S/C27H44O2/c1-2-3-4-5-6-7-8-9-10-11-12-13-14-15-19-24-27(28)29-25-20-23-26-21-17-16-18-22-26/h16-18,20-23H,2-15,19,24-25H2,1H3. The van der Waals surface area contributed by atoms with Gasteiger partial charge in [0.05, 0.1) is 0 Å². The molecule has 1 rings (SSSR count). The van der Waals surface area contributed by atoms with Crippen LogP contribution in [0.2, 0.25) is 0 Å². The summed E-state index contributed by atoms with van der Waals surface area (Å²) in [5, 5.41) is 0. The average molecular weight is 401 g/mol. The van der Waals surface area contributed by atoms with E-state index in [0.717, 1.165) is 18.4 Å². The van der Waals surface area contributed by atoms with Gasteiger partial charge in [-0.3, -0.25) is 4.79 Å². The lowest BCUT2D eigenvalue weighted by Crippen LogP contribution is -2.03. The molecule has 0 N–H and O–H groups in total. The van der Waals surface area contributed by atoms with Gasteiger partial charge in [-0.25, -0.2) is 0 Å². The van der Waals surface area contributed by atoms with Crippen LogP contribution in [0.5, 0.6) is 0 Å². The molecule has 1 aromatic rings. The fourth-order valence-electron chi connectivity index (χ4n) is 3.60. The van der Waals surface area contributed by atoms with E-state index in [4.69, 9.17) is 4.74 Å². The van der Waals surface area contributed by atoms with Crippen molar-refractivity contribution in [2.24, 2.45) is 0 Å². The second-order valence-electron chi connectivity index (χ2n) is 8.20. The van der Waals surface area contributed by atoms with Crippen LogP contribution in [-0.4, -0.2) is 12.6 Å². The molecular formula is C27H44O2. The molecule has 0 heterocycles. The van der Waals surface area contributed by atoms with E-state index in [1.54, 1.807) is 0 Å². The Morgan fingerprint density at radius 1 is 0.724 bits per heavy atom. The smallest absolute Gasteiger partial charge is 0.306 e. The molecule has 164 valence electrons. The topological polar surface area (TPSA) is 26.3 Å². The van der Waals surface area contributed by atoms with Crippen LogP contribution in [-0.2, 0) is 9.53 Å². The Bertz CT molecular complexity index is 507. The monoisotopic (exact) mass is 400 g/mol. The van der Waals surface area contributed by atoms with Gasteiger partial charge in [0, 0.05) is 6.42 Å². The second kappa shape index (κ2) is 19.7. The summed E-state index contributed by atoms with van der Waals surface area (Å²) in [4.78, 5) is 11.7. The van der Waals surface area contributed by atoms with E-state index in [1.807, 2.05) is 42.5 Å². The summed E-state index contributed by atoms with van der Waals surface area (Å²) in [6.45, 7) is 2.65. The van der Waals surface area contributed by atoms with E-state index in [2.05, 4.69) is 6.92 Å². The van der Waals surface area contributed by atoms with E-state index in [-0.39, 0.29) is 5.97 Å². The van der Waals surface area contributed by atoms with Crippen LogP contribution < -0.4 is 0 Å². The first kappa shape index (κ1) is 25.5. The van der Waals surface area contributed by atoms with E-state index >= 15 is 0 Å². The lowest BCUT2D eigenvalue weighted by Gasteiger charge is -2.04. The summed E-state index contributed by atoms with van der Waals surface area (Å²) in [5.41, 5.74) is 1.13. The molecule has 2 heteroatoms. The van der Waals surface area contributed by atoms with Crippen molar-refractivity contribution in [3.63, 3.8) is 0 Å². The number of benzene rings is 1. The molecule has 0 saturated heterocycles. The molecule has 0 amide bonds. The summed E-state index contributed by atoms with van der Waals surface area (Å²) in [6, 6.07) is 10.1.